The van der Waals surface area contributed by atoms with Crippen LogP contribution >= 0.6 is 0 Å². The zero-order valence-electron chi connectivity index (χ0n) is 15.9. The highest BCUT2D eigenvalue weighted by molar-refractivity contribution is 6.21. The molecule has 2 atom stereocenters. The number of carbonyl (C=O) groups excluding carboxylic acids is 2. The van der Waals surface area contributed by atoms with Gasteiger partial charge >= 0.3 is 12.2 Å². The van der Waals surface area contributed by atoms with Crippen molar-refractivity contribution >= 4 is 29.5 Å². The Morgan fingerprint density at radius 3 is 2.67 bits per heavy atom. The van der Waals surface area contributed by atoms with Gasteiger partial charge < -0.3 is 14.6 Å². The molecule has 2 heterocycles. The van der Waals surface area contributed by atoms with E-state index in [2.05, 4.69) is 5.32 Å². The van der Waals surface area contributed by atoms with Crippen LogP contribution in [0.4, 0.5) is 21.0 Å². The smallest absolute Gasteiger partial charge is 0.418 e. The van der Waals surface area contributed by atoms with Crippen LogP contribution in [0.15, 0.2) is 18.2 Å². The lowest BCUT2D eigenvalue weighted by molar-refractivity contribution is -0.128. The monoisotopic (exact) mass is 376 g/mol. The largest absolute Gasteiger partial charge is 0.464 e. The molecule has 146 valence electrons. The van der Waals surface area contributed by atoms with Crippen molar-refractivity contribution in [2.45, 2.75) is 57.7 Å². The van der Waals surface area contributed by atoms with Gasteiger partial charge in [-0.1, -0.05) is 6.07 Å². The summed E-state index contributed by atoms with van der Waals surface area (Å²) in [5.41, 5.74) is -0.281. The summed E-state index contributed by atoms with van der Waals surface area (Å²) in [5.74, 6) is -0.463. The van der Waals surface area contributed by atoms with Gasteiger partial charge in [0.15, 0.2) is 0 Å². The summed E-state index contributed by atoms with van der Waals surface area (Å²) in [6.07, 6.45) is -1.30. The third kappa shape index (κ3) is 3.49. The second-order valence-electron chi connectivity index (χ2n) is 8.00. The van der Waals surface area contributed by atoms with Crippen LogP contribution in [0.1, 0.15) is 46.1 Å². The molecule has 8 nitrogen and oxygen atoms in total. The average Bonchev–Trinajstić information content (AvgIpc) is 2.74. The van der Waals surface area contributed by atoms with Crippen molar-refractivity contribution in [3.8, 4) is 0 Å². The van der Waals surface area contributed by atoms with E-state index in [1.807, 2.05) is 6.92 Å². The molecular formula is C19H24N2O6. The van der Waals surface area contributed by atoms with Crippen molar-refractivity contribution in [3.63, 3.8) is 0 Å². The van der Waals surface area contributed by atoms with E-state index < -0.39 is 29.1 Å². The standard InChI is InChI=1S/C19H24N2O6/c1-11-10-19(7-8-26-11)13-6-5-12(20-16(23)27-18(2,3)4)9-14(13)21(15(19)22)17(24)25/h5-6,9,11H,7-8,10H2,1-4H3,(H,20,23)(H,24,25)/t11-,19+/m1/s1. The normalized spacial score (nSPS) is 24.7. The number of carbonyl (C=O) groups is 3. The second-order valence-corrected chi connectivity index (χ2v) is 8.00. The van der Waals surface area contributed by atoms with Gasteiger partial charge in [0.25, 0.3) is 0 Å². The number of hydrogen-bond donors (Lipinski definition) is 2. The lowest BCUT2D eigenvalue weighted by Crippen LogP contribution is -2.47. The Bertz CT molecular complexity index is 800. The van der Waals surface area contributed by atoms with Crippen LogP contribution in [0.2, 0.25) is 0 Å². The summed E-state index contributed by atoms with van der Waals surface area (Å²) < 4.78 is 10.8. The van der Waals surface area contributed by atoms with E-state index in [0.717, 1.165) is 4.90 Å². The highest BCUT2D eigenvalue weighted by atomic mass is 16.6. The van der Waals surface area contributed by atoms with Crippen LogP contribution < -0.4 is 10.2 Å². The maximum Gasteiger partial charge on any atom is 0.418 e. The van der Waals surface area contributed by atoms with E-state index in [1.165, 1.54) is 6.07 Å². The molecule has 3 amide bonds. The van der Waals surface area contributed by atoms with Crippen LogP contribution in [-0.4, -0.2) is 41.5 Å². The zero-order chi connectivity index (χ0) is 20.0. The van der Waals surface area contributed by atoms with Gasteiger partial charge in [0.05, 0.1) is 17.2 Å². The summed E-state index contributed by atoms with van der Waals surface area (Å²) >= 11 is 0. The van der Waals surface area contributed by atoms with Crippen LogP contribution in [-0.2, 0) is 19.7 Å². The number of benzene rings is 1. The first kappa shape index (κ1) is 19.2. The van der Waals surface area contributed by atoms with E-state index in [9.17, 15) is 19.5 Å². The van der Waals surface area contributed by atoms with Crippen molar-refractivity contribution in [1.82, 2.24) is 0 Å². The molecule has 1 aromatic rings. The Kier molecular flexibility index (Phi) is 4.63. The molecule has 0 unspecified atom stereocenters. The fourth-order valence-electron chi connectivity index (χ4n) is 3.77. The Morgan fingerprint density at radius 1 is 1.37 bits per heavy atom. The lowest BCUT2D eigenvalue weighted by atomic mass is 9.73. The number of hydrogen-bond acceptors (Lipinski definition) is 5. The zero-order valence-corrected chi connectivity index (χ0v) is 15.9. The molecule has 0 bridgehead atoms. The SMILES string of the molecule is C[C@@H]1C[C@]2(CCO1)C(=O)N(C(=O)O)c1cc(NC(=O)OC(C)(C)C)ccc12. The first-order valence-corrected chi connectivity index (χ1v) is 8.87. The highest BCUT2D eigenvalue weighted by Crippen LogP contribution is 2.49. The van der Waals surface area contributed by atoms with Gasteiger partial charge in [-0.2, -0.15) is 0 Å². The molecule has 1 saturated heterocycles. The first-order chi connectivity index (χ1) is 12.5. The summed E-state index contributed by atoms with van der Waals surface area (Å²) in [7, 11) is 0. The molecule has 0 radical (unpaired) electrons. The number of nitrogens with zero attached hydrogens (tertiary/aromatic N) is 1. The molecular weight excluding hydrogens is 352 g/mol. The minimum Gasteiger partial charge on any atom is -0.464 e. The van der Waals surface area contributed by atoms with Gasteiger partial charge in [-0.3, -0.25) is 10.1 Å². The quantitative estimate of drug-likeness (QED) is 0.777. The number of nitrogens with one attached hydrogen (secondary N) is 1. The van der Waals surface area contributed by atoms with Gasteiger partial charge in [0, 0.05) is 12.3 Å². The number of fused-ring (bicyclic) bond motifs is 2. The van der Waals surface area contributed by atoms with Crippen molar-refractivity contribution in [3.05, 3.63) is 23.8 Å². The van der Waals surface area contributed by atoms with E-state index >= 15 is 0 Å². The predicted octanol–water partition coefficient (Wildman–Crippen LogP) is 3.49. The maximum absolute atomic E-state index is 13.0. The van der Waals surface area contributed by atoms with Crippen LogP contribution in [0.25, 0.3) is 0 Å². The van der Waals surface area contributed by atoms with E-state index in [1.54, 1.807) is 32.9 Å². The number of carboxylic acid groups (broad SMARTS) is 1. The third-order valence-electron chi connectivity index (χ3n) is 4.77. The van der Waals surface area contributed by atoms with Crippen molar-refractivity contribution < 1.29 is 29.0 Å². The summed E-state index contributed by atoms with van der Waals surface area (Å²) in [6.45, 7) is 7.50. The molecule has 0 saturated carbocycles. The Balaban J connectivity index is 1.97. The average molecular weight is 376 g/mol. The number of amides is 3. The minimum atomic E-state index is -1.34. The molecule has 2 N–H and O–H groups in total. The lowest BCUT2D eigenvalue weighted by Gasteiger charge is -2.35. The van der Waals surface area contributed by atoms with E-state index in [0.29, 0.717) is 30.7 Å². The summed E-state index contributed by atoms with van der Waals surface area (Å²) in [5, 5.41) is 12.2. The molecule has 27 heavy (non-hydrogen) atoms. The molecule has 8 heteroatoms. The van der Waals surface area contributed by atoms with E-state index in [4.69, 9.17) is 9.47 Å². The van der Waals surface area contributed by atoms with Crippen molar-refractivity contribution in [2.75, 3.05) is 16.8 Å². The number of ether oxygens (including phenoxy) is 2. The predicted molar refractivity (Wildman–Crippen MR) is 98.1 cm³/mol. The molecule has 3 rings (SSSR count). The van der Waals surface area contributed by atoms with Gasteiger partial charge in [0.2, 0.25) is 5.91 Å². The van der Waals surface area contributed by atoms with Crippen molar-refractivity contribution in [2.24, 2.45) is 0 Å². The molecule has 1 spiro atoms. The molecule has 0 aromatic heterocycles. The maximum atomic E-state index is 13.0. The Morgan fingerprint density at radius 2 is 2.07 bits per heavy atom. The van der Waals surface area contributed by atoms with Gasteiger partial charge in [-0.05, 0) is 58.2 Å². The van der Waals surface area contributed by atoms with Gasteiger partial charge in [-0.25, -0.2) is 14.5 Å². The Labute approximate surface area is 157 Å². The highest BCUT2D eigenvalue weighted by Gasteiger charge is 2.54. The summed E-state index contributed by atoms with van der Waals surface area (Å²) in [4.78, 5) is 37.6. The number of rotatable bonds is 1. The van der Waals surface area contributed by atoms with Crippen molar-refractivity contribution in [1.29, 1.82) is 0 Å². The fraction of sp³-hybridized carbons (Fsp3) is 0.526. The Hall–Kier alpha value is -2.61. The summed E-state index contributed by atoms with van der Waals surface area (Å²) in [6, 6.07) is 4.87. The third-order valence-corrected chi connectivity index (χ3v) is 4.77. The van der Waals surface area contributed by atoms with Gasteiger partial charge in [0.1, 0.15) is 5.60 Å². The van der Waals surface area contributed by atoms with Crippen LogP contribution in [0, 0.1) is 0 Å². The molecule has 2 aliphatic rings. The first-order valence-electron chi connectivity index (χ1n) is 8.87. The van der Waals surface area contributed by atoms with Gasteiger partial charge in [-0.15, -0.1) is 0 Å². The van der Waals surface area contributed by atoms with E-state index in [-0.39, 0.29) is 11.8 Å². The number of anilines is 2. The fourth-order valence-corrected chi connectivity index (χ4v) is 3.77. The molecule has 1 aromatic carbocycles. The number of imide groups is 1. The topological polar surface area (TPSA) is 105 Å². The molecule has 2 aliphatic heterocycles. The second kappa shape index (κ2) is 6.53. The van der Waals surface area contributed by atoms with Crippen LogP contribution in [0.5, 0.6) is 0 Å². The molecule has 1 fully saturated rings. The minimum absolute atomic E-state index is 0.149. The molecule has 0 aliphatic carbocycles. The van der Waals surface area contributed by atoms with Crippen LogP contribution in [0.3, 0.4) is 0 Å².